The number of sulfonamides is 1. The molecule has 1 heterocycles. The molecule has 0 unspecified atom stereocenters. The molecule has 180 valence electrons. The number of benzene rings is 2. The maximum absolute atomic E-state index is 13.1. The Morgan fingerprint density at radius 3 is 2.38 bits per heavy atom. The van der Waals surface area contributed by atoms with Crippen molar-refractivity contribution in [1.82, 2.24) is 9.29 Å². The molecule has 0 aliphatic heterocycles. The molecule has 2 aromatic carbocycles. The summed E-state index contributed by atoms with van der Waals surface area (Å²) in [6.07, 6.45) is -4.71. The van der Waals surface area contributed by atoms with Gasteiger partial charge in [-0.15, -0.1) is 0 Å². The van der Waals surface area contributed by atoms with E-state index < -0.39 is 40.3 Å². The van der Waals surface area contributed by atoms with Crippen molar-refractivity contribution in [3.8, 4) is 17.0 Å². The number of alkyl halides is 3. The third-order valence-electron chi connectivity index (χ3n) is 4.64. The second kappa shape index (κ2) is 9.77. The molecule has 0 radical (unpaired) electrons. The lowest BCUT2D eigenvalue weighted by Gasteiger charge is -2.19. The van der Waals surface area contributed by atoms with Gasteiger partial charge >= 0.3 is 12.1 Å². The summed E-state index contributed by atoms with van der Waals surface area (Å²) in [5.74, 6) is -1.93. The SMILES string of the molecule is CN(Cc1ccc(OCC(=O)O)c(-c2cccc(C(F)(F)F)n2)c1)S(=O)(=O)c1ccc(F)cc1. The molecule has 3 aromatic rings. The number of hydrogen-bond donors (Lipinski definition) is 1. The van der Waals surface area contributed by atoms with Crippen LogP contribution in [0.25, 0.3) is 11.3 Å². The summed E-state index contributed by atoms with van der Waals surface area (Å²) in [4.78, 5) is 14.4. The quantitative estimate of drug-likeness (QED) is 0.468. The topological polar surface area (TPSA) is 96.8 Å². The third kappa shape index (κ3) is 5.88. The minimum absolute atomic E-state index is 0.0398. The van der Waals surface area contributed by atoms with E-state index in [1.165, 1.54) is 31.3 Å². The number of ether oxygens (including phenoxy) is 1. The number of carbonyl (C=O) groups is 1. The number of hydrogen-bond acceptors (Lipinski definition) is 5. The molecule has 0 saturated carbocycles. The number of nitrogens with zero attached hydrogens (tertiary/aromatic N) is 2. The summed E-state index contributed by atoms with van der Waals surface area (Å²) in [5, 5.41) is 8.89. The van der Waals surface area contributed by atoms with Crippen LogP contribution in [0.1, 0.15) is 11.3 Å². The average Bonchev–Trinajstić information content (AvgIpc) is 2.78. The van der Waals surface area contributed by atoms with Crippen LogP contribution >= 0.6 is 0 Å². The van der Waals surface area contributed by atoms with Gasteiger partial charge in [0.05, 0.1) is 10.6 Å². The summed E-state index contributed by atoms with van der Waals surface area (Å²) >= 11 is 0. The molecule has 34 heavy (non-hydrogen) atoms. The fourth-order valence-corrected chi connectivity index (χ4v) is 4.17. The lowest BCUT2D eigenvalue weighted by atomic mass is 10.1. The van der Waals surface area contributed by atoms with Crippen LogP contribution in [0, 0.1) is 5.82 Å². The van der Waals surface area contributed by atoms with Crippen molar-refractivity contribution in [1.29, 1.82) is 0 Å². The Balaban J connectivity index is 1.98. The molecule has 1 N–H and O–H groups in total. The van der Waals surface area contributed by atoms with Crippen LogP contribution in [0.5, 0.6) is 5.75 Å². The van der Waals surface area contributed by atoms with Gasteiger partial charge in [0.1, 0.15) is 17.3 Å². The number of rotatable bonds is 8. The van der Waals surface area contributed by atoms with E-state index in [0.717, 1.165) is 40.7 Å². The summed E-state index contributed by atoms with van der Waals surface area (Å²) < 4.78 is 84.3. The molecule has 1 aromatic heterocycles. The molecule has 0 amide bonds. The molecule has 3 rings (SSSR count). The second-order valence-electron chi connectivity index (χ2n) is 7.13. The molecule has 0 fully saturated rings. The highest BCUT2D eigenvalue weighted by Gasteiger charge is 2.32. The summed E-state index contributed by atoms with van der Waals surface area (Å²) in [6.45, 7) is -0.935. The van der Waals surface area contributed by atoms with Crippen LogP contribution in [-0.2, 0) is 27.5 Å². The summed E-state index contributed by atoms with van der Waals surface area (Å²) in [5.41, 5.74) is -0.876. The van der Waals surface area contributed by atoms with Gasteiger partial charge in [0.2, 0.25) is 10.0 Å². The van der Waals surface area contributed by atoms with Crippen molar-refractivity contribution in [3.05, 3.63) is 77.7 Å². The van der Waals surface area contributed by atoms with E-state index in [-0.39, 0.29) is 28.4 Å². The Hall–Kier alpha value is -3.51. The van der Waals surface area contributed by atoms with Crippen molar-refractivity contribution in [2.75, 3.05) is 13.7 Å². The summed E-state index contributed by atoms with van der Waals surface area (Å²) in [6, 6.07) is 11.6. The minimum atomic E-state index is -4.71. The van der Waals surface area contributed by atoms with Gasteiger partial charge < -0.3 is 9.84 Å². The van der Waals surface area contributed by atoms with Crippen molar-refractivity contribution in [2.45, 2.75) is 17.6 Å². The third-order valence-corrected chi connectivity index (χ3v) is 6.46. The van der Waals surface area contributed by atoms with E-state index in [1.807, 2.05) is 0 Å². The van der Waals surface area contributed by atoms with Crippen molar-refractivity contribution < 1.29 is 40.6 Å². The first-order valence-corrected chi connectivity index (χ1v) is 11.1. The number of pyridine rings is 1. The van der Waals surface area contributed by atoms with Crippen LogP contribution in [0.4, 0.5) is 17.6 Å². The van der Waals surface area contributed by atoms with Gasteiger partial charge in [-0.25, -0.2) is 22.6 Å². The smallest absolute Gasteiger partial charge is 0.433 e. The molecule has 0 spiro atoms. The van der Waals surface area contributed by atoms with Gasteiger partial charge in [0, 0.05) is 19.2 Å². The number of halogens is 4. The van der Waals surface area contributed by atoms with E-state index in [9.17, 15) is 30.8 Å². The first kappa shape index (κ1) is 25.1. The zero-order valence-electron chi connectivity index (χ0n) is 17.6. The molecule has 12 heteroatoms. The number of carboxylic acid groups (broad SMARTS) is 1. The lowest BCUT2D eigenvalue weighted by Crippen LogP contribution is -2.26. The highest BCUT2D eigenvalue weighted by Crippen LogP contribution is 2.34. The molecule has 7 nitrogen and oxygen atoms in total. The van der Waals surface area contributed by atoms with Gasteiger partial charge in [-0.1, -0.05) is 12.1 Å². The van der Waals surface area contributed by atoms with Crippen molar-refractivity contribution in [3.63, 3.8) is 0 Å². The van der Waals surface area contributed by atoms with Crippen LogP contribution < -0.4 is 4.74 Å². The molecule has 0 aliphatic rings. The molecular weight excluding hydrogens is 480 g/mol. The highest BCUT2D eigenvalue weighted by molar-refractivity contribution is 7.89. The Kier molecular flexibility index (Phi) is 7.22. The fourth-order valence-electron chi connectivity index (χ4n) is 3.01. The van der Waals surface area contributed by atoms with Gasteiger partial charge in [-0.2, -0.15) is 17.5 Å². The van der Waals surface area contributed by atoms with Crippen LogP contribution in [-0.4, -0.2) is 42.4 Å². The van der Waals surface area contributed by atoms with E-state index in [4.69, 9.17) is 9.84 Å². The van der Waals surface area contributed by atoms with Gasteiger partial charge in [-0.3, -0.25) is 0 Å². The maximum atomic E-state index is 13.1. The predicted octanol–water partition coefficient (Wildman–Crippen LogP) is 4.19. The van der Waals surface area contributed by atoms with Crippen LogP contribution in [0.2, 0.25) is 0 Å². The standard InChI is InChI=1S/C22H18F4N2O5S/c1-28(34(31,32)16-8-6-15(23)7-9-16)12-14-5-10-19(33-13-21(29)30)17(11-14)18-3-2-4-20(27-18)22(24,25)26/h2-11H,12-13H2,1H3,(H,29,30). The minimum Gasteiger partial charge on any atom is -0.481 e. The largest absolute Gasteiger partial charge is 0.481 e. The fraction of sp³-hybridized carbons (Fsp3) is 0.182. The van der Waals surface area contributed by atoms with Gasteiger partial charge in [-0.05, 0) is 54.1 Å². The lowest BCUT2D eigenvalue weighted by molar-refractivity contribution is -0.141. The summed E-state index contributed by atoms with van der Waals surface area (Å²) in [7, 11) is -2.71. The Bertz CT molecular complexity index is 1300. The maximum Gasteiger partial charge on any atom is 0.433 e. The highest BCUT2D eigenvalue weighted by atomic mass is 32.2. The van der Waals surface area contributed by atoms with Crippen LogP contribution in [0.15, 0.2) is 65.6 Å². The Labute approximate surface area is 192 Å². The van der Waals surface area contributed by atoms with E-state index in [0.29, 0.717) is 5.56 Å². The predicted molar refractivity (Wildman–Crippen MR) is 113 cm³/mol. The normalized spacial score (nSPS) is 12.1. The monoisotopic (exact) mass is 498 g/mol. The first-order valence-electron chi connectivity index (χ1n) is 9.62. The van der Waals surface area contributed by atoms with Crippen molar-refractivity contribution in [2.24, 2.45) is 0 Å². The second-order valence-corrected chi connectivity index (χ2v) is 9.18. The number of aromatic nitrogens is 1. The molecule has 0 saturated heterocycles. The molecular formula is C22H18F4N2O5S. The van der Waals surface area contributed by atoms with Gasteiger partial charge in [0.15, 0.2) is 6.61 Å². The van der Waals surface area contributed by atoms with E-state index >= 15 is 0 Å². The van der Waals surface area contributed by atoms with Gasteiger partial charge in [0.25, 0.3) is 0 Å². The molecule has 0 bridgehead atoms. The van der Waals surface area contributed by atoms with Crippen molar-refractivity contribution >= 4 is 16.0 Å². The number of aliphatic carboxylic acids is 1. The zero-order valence-corrected chi connectivity index (χ0v) is 18.4. The molecule has 0 atom stereocenters. The average molecular weight is 498 g/mol. The zero-order chi connectivity index (χ0) is 25.1. The number of carboxylic acids is 1. The Morgan fingerprint density at radius 1 is 1.09 bits per heavy atom. The van der Waals surface area contributed by atoms with Crippen LogP contribution in [0.3, 0.4) is 0 Å². The molecule has 0 aliphatic carbocycles. The Morgan fingerprint density at radius 2 is 1.76 bits per heavy atom. The van der Waals surface area contributed by atoms with E-state index in [1.54, 1.807) is 0 Å². The first-order chi connectivity index (χ1) is 15.9. The van der Waals surface area contributed by atoms with E-state index in [2.05, 4.69) is 4.98 Å².